The van der Waals surface area contributed by atoms with Gasteiger partial charge in [0.05, 0.1) is 0 Å². The molecule has 2 rings (SSSR count). The van der Waals surface area contributed by atoms with Gasteiger partial charge in [-0.2, -0.15) is 5.10 Å². The van der Waals surface area contributed by atoms with E-state index >= 15 is 0 Å². The largest absolute Gasteiger partial charge is 0.305 e. The van der Waals surface area contributed by atoms with Gasteiger partial charge in [-0.1, -0.05) is 15.9 Å². The summed E-state index contributed by atoms with van der Waals surface area (Å²) in [5.74, 6) is -0.0378. The van der Waals surface area contributed by atoms with E-state index in [9.17, 15) is 9.59 Å². The van der Waals surface area contributed by atoms with Crippen LogP contribution in [0.1, 0.15) is 10.5 Å². The Morgan fingerprint density at radius 1 is 1.35 bits per heavy atom. The fourth-order valence-electron chi connectivity index (χ4n) is 1.12. The van der Waals surface area contributed by atoms with Crippen LogP contribution >= 0.6 is 15.9 Å². The molecular formula is C10H7BrN4O2. The van der Waals surface area contributed by atoms with Crippen LogP contribution in [0.5, 0.6) is 0 Å². The molecule has 1 amide bonds. The number of pyridine rings is 1. The monoisotopic (exact) mass is 294 g/mol. The van der Waals surface area contributed by atoms with Gasteiger partial charge in [-0.3, -0.25) is 9.59 Å². The Hall–Kier alpha value is -2.02. The summed E-state index contributed by atoms with van der Waals surface area (Å²) in [5.41, 5.74) is -0.242. The third kappa shape index (κ3) is 2.97. The SMILES string of the molecule is O=C(Nc1cc(Br)ccn1)c1ccc(=O)[nH]n1. The number of carbonyl (C=O) groups is 1. The maximum absolute atomic E-state index is 11.7. The minimum absolute atomic E-state index is 0.117. The molecular weight excluding hydrogens is 288 g/mol. The average Bonchev–Trinajstić information content (AvgIpc) is 2.29. The Morgan fingerprint density at radius 2 is 2.18 bits per heavy atom. The Labute approximate surface area is 104 Å². The van der Waals surface area contributed by atoms with Gasteiger partial charge in [0.25, 0.3) is 11.5 Å². The number of rotatable bonds is 2. The van der Waals surface area contributed by atoms with Gasteiger partial charge >= 0.3 is 0 Å². The molecule has 0 spiro atoms. The van der Waals surface area contributed by atoms with Crippen LogP contribution in [0.2, 0.25) is 0 Å². The summed E-state index contributed by atoms with van der Waals surface area (Å²) < 4.78 is 0.803. The van der Waals surface area contributed by atoms with E-state index < -0.39 is 5.91 Å². The van der Waals surface area contributed by atoms with Crippen molar-refractivity contribution in [2.24, 2.45) is 0 Å². The quantitative estimate of drug-likeness (QED) is 0.871. The molecule has 0 saturated carbocycles. The van der Waals surface area contributed by atoms with Crippen molar-refractivity contribution >= 4 is 27.7 Å². The molecule has 17 heavy (non-hydrogen) atoms. The van der Waals surface area contributed by atoms with Crippen molar-refractivity contribution in [2.45, 2.75) is 0 Å². The molecule has 0 aliphatic heterocycles. The van der Waals surface area contributed by atoms with Crippen LogP contribution < -0.4 is 10.9 Å². The zero-order valence-electron chi connectivity index (χ0n) is 8.48. The minimum atomic E-state index is -0.438. The van der Waals surface area contributed by atoms with Gasteiger partial charge in [-0.25, -0.2) is 10.1 Å². The molecule has 0 radical (unpaired) electrons. The van der Waals surface area contributed by atoms with E-state index in [2.05, 4.69) is 36.4 Å². The molecule has 0 unspecified atom stereocenters. The molecule has 0 aliphatic rings. The number of hydrogen-bond donors (Lipinski definition) is 2. The van der Waals surface area contributed by atoms with Crippen molar-refractivity contribution in [3.63, 3.8) is 0 Å². The molecule has 0 fully saturated rings. The molecule has 7 heteroatoms. The first-order chi connectivity index (χ1) is 8.15. The van der Waals surface area contributed by atoms with Gasteiger partial charge in [0, 0.05) is 16.7 Å². The predicted octanol–water partition coefficient (Wildman–Crippen LogP) is 1.18. The third-order valence-corrected chi connectivity index (χ3v) is 2.37. The van der Waals surface area contributed by atoms with Crippen molar-refractivity contribution in [3.8, 4) is 0 Å². The van der Waals surface area contributed by atoms with Gasteiger partial charge in [0.15, 0.2) is 0 Å². The molecule has 86 valence electrons. The van der Waals surface area contributed by atoms with Crippen molar-refractivity contribution in [2.75, 3.05) is 5.32 Å². The topological polar surface area (TPSA) is 87.7 Å². The number of amides is 1. The average molecular weight is 295 g/mol. The summed E-state index contributed by atoms with van der Waals surface area (Å²) in [6.07, 6.45) is 1.56. The molecule has 0 saturated heterocycles. The summed E-state index contributed by atoms with van der Waals surface area (Å²) in [5, 5.41) is 8.34. The summed E-state index contributed by atoms with van der Waals surface area (Å²) in [7, 11) is 0. The first kappa shape index (κ1) is 11.5. The number of anilines is 1. The highest BCUT2D eigenvalue weighted by molar-refractivity contribution is 9.10. The molecule has 2 N–H and O–H groups in total. The Bertz CT molecular complexity index is 591. The van der Waals surface area contributed by atoms with Crippen LogP contribution in [0.15, 0.2) is 39.7 Å². The lowest BCUT2D eigenvalue weighted by atomic mass is 10.3. The number of aromatic amines is 1. The Kier molecular flexibility index (Phi) is 3.29. The highest BCUT2D eigenvalue weighted by Crippen LogP contribution is 2.12. The van der Waals surface area contributed by atoms with Gasteiger partial charge in [-0.05, 0) is 18.2 Å². The minimum Gasteiger partial charge on any atom is -0.305 e. The van der Waals surface area contributed by atoms with Crippen LogP contribution in [-0.4, -0.2) is 21.1 Å². The van der Waals surface area contributed by atoms with E-state index in [1.807, 2.05) is 0 Å². The maximum atomic E-state index is 11.7. The Morgan fingerprint density at radius 3 is 2.82 bits per heavy atom. The Balaban J connectivity index is 2.17. The van der Waals surface area contributed by atoms with Crippen molar-refractivity contribution in [3.05, 3.63) is 51.0 Å². The molecule has 6 nitrogen and oxygen atoms in total. The molecule has 0 atom stereocenters. The zero-order chi connectivity index (χ0) is 12.3. The molecule has 2 aromatic rings. The zero-order valence-corrected chi connectivity index (χ0v) is 10.1. The molecule has 0 aliphatic carbocycles. The van der Waals surface area contributed by atoms with Gasteiger partial charge in [0.2, 0.25) is 0 Å². The normalized spacial score (nSPS) is 9.94. The molecule has 0 bridgehead atoms. The second kappa shape index (κ2) is 4.88. The molecule has 2 heterocycles. The van der Waals surface area contributed by atoms with Gasteiger partial charge in [0.1, 0.15) is 11.5 Å². The number of halogens is 1. The standard InChI is InChI=1S/C10H7BrN4O2/c11-6-3-4-12-8(5-6)13-10(17)7-1-2-9(16)15-14-7/h1-5H,(H,15,16)(H,12,13,17). The van der Waals surface area contributed by atoms with E-state index in [0.29, 0.717) is 5.82 Å². The van der Waals surface area contributed by atoms with Crippen LogP contribution in [0.25, 0.3) is 0 Å². The number of nitrogens with zero attached hydrogens (tertiary/aromatic N) is 2. The smallest absolute Gasteiger partial charge is 0.277 e. The summed E-state index contributed by atoms with van der Waals surface area (Å²) in [6, 6.07) is 5.97. The summed E-state index contributed by atoms with van der Waals surface area (Å²) in [4.78, 5) is 26.4. The van der Waals surface area contributed by atoms with Gasteiger partial charge < -0.3 is 5.32 Å². The number of H-pyrrole nitrogens is 1. The highest BCUT2D eigenvalue weighted by atomic mass is 79.9. The lowest BCUT2D eigenvalue weighted by Gasteiger charge is -2.03. The van der Waals surface area contributed by atoms with Crippen molar-refractivity contribution in [1.82, 2.24) is 15.2 Å². The van der Waals surface area contributed by atoms with Crippen LogP contribution in [0.4, 0.5) is 5.82 Å². The third-order valence-electron chi connectivity index (χ3n) is 1.88. The number of aromatic nitrogens is 3. The first-order valence-electron chi connectivity index (χ1n) is 4.64. The van der Waals surface area contributed by atoms with Crippen molar-refractivity contribution in [1.29, 1.82) is 0 Å². The van der Waals surface area contributed by atoms with E-state index in [1.54, 1.807) is 18.3 Å². The van der Waals surface area contributed by atoms with E-state index in [4.69, 9.17) is 0 Å². The van der Waals surface area contributed by atoms with Crippen LogP contribution in [0, 0.1) is 0 Å². The summed E-state index contributed by atoms with van der Waals surface area (Å²) in [6.45, 7) is 0. The number of nitrogens with one attached hydrogen (secondary N) is 2. The summed E-state index contributed by atoms with van der Waals surface area (Å²) >= 11 is 3.26. The van der Waals surface area contributed by atoms with Crippen molar-refractivity contribution < 1.29 is 4.79 Å². The fourth-order valence-corrected chi connectivity index (χ4v) is 1.46. The maximum Gasteiger partial charge on any atom is 0.277 e. The lowest BCUT2D eigenvalue weighted by molar-refractivity contribution is 0.102. The van der Waals surface area contributed by atoms with E-state index in [1.165, 1.54) is 12.1 Å². The van der Waals surface area contributed by atoms with Gasteiger partial charge in [-0.15, -0.1) is 0 Å². The predicted molar refractivity (Wildman–Crippen MR) is 64.7 cm³/mol. The number of hydrogen-bond acceptors (Lipinski definition) is 4. The lowest BCUT2D eigenvalue weighted by Crippen LogP contribution is -2.18. The first-order valence-corrected chi connectivity index (χ1v) is 5.43. The second-order valence-corrected chi connectivity index (χ2v) is 4.04. The van der Waals surface area contributed by atoms with Crippen LogP contribution in [0.3, 0.4) is 0 Å². The second-order valence-electron chi connectivity index (χ2n) is 3.12. The highest BCUT2D eigenvalue weighted by Gasteiger charge is 2.08. The van der Waals surface area contributed by atoms with E-state index in [-0.39, 0.29) is 11.3 Å². The number of carbonyl (C=O) groups excluding carboxylic acids is 1. The molecule has 2 aromatic heterocycles. The fraction of sp³-hybridized carbons (Fsp3) is 0. The van der Waals surface area contributed by atoms with E-state index in [0.717, 1.165) is 4.47 Å². The van der Waals surface area contributed by atoms with Crippen LogP contribution in [-0.2, 0) is 0 Å². The molecule has 0 aromatic carbocycles.